The summed E-state index contributed by atoms with van der Waals surface area (Å²) >= 11 is 4.10. The highest BCUT2D eigenvalue weighted by Crippen LogP contribution is 2.33. The van der Waals surface area contributed by atoms with Crippen molar-refractivity contribution in [1.82, 2.24) is 4.31 Å². The fourth-order valence-corrected chi connectivity index (χ4v) is 4.84. The first-order chi connectivity index (χ1) is 8.08. The van der Waals surface area contributed by atoms with Crippen molar-refractivity contribution in [3.8, 4) is 0 Å². The van der Waals surface area contributed by atoms with E-state index < -0.39 is 22.7 Å². The van der Waals surface area contributed by atoms with Crippen LogP contribution in [0.5, 0.6) is 0 Å². The molecule has 4 nitrogen and oxygen atoms in total. The Bertz CT molecular complexity index is 527. The monoisotopic (exact) mass is 366 g/mol. The van der Waals surface area contributed by atoms with Crippen LogP contribution in [-0.2, 0) is 16.6 Å². The first kappa shape index (κ1) is 15.9. The van der Waals surface area contributed by atoms with Crippen LogP contribution in [0.25, 0.3) is 0 Å². The Morgan fingerprint density at radius 1 is 1.50 bits per heavy atom. The summed E-state index contributed by atoms with van der Waals surface area (Å²) in [6, 6.07) is 1.27. The molecule has 0 saturated heterocycles. The van der Waals surface area contributed by atoms with Gasteiger partial charge in [-0.2, -0.15) is 17.5 Å². The van der Waals surface area contributed by atoms with Crippen molar-refractivity contribution in [3.63, 3.8) is 0 Å². The number of alkyl halides is 3. The predicted molar refractivity (Wildman–Crippen MR) is 65.8 cm³/mol. The average Bonchev–Trinajstić information content (AvgIpc) is 2.57. The SMILES string of the molecule is CN(CC(F)(F)F)S(=O)(=O)c1cc(CN)sc1Br. The van der Waals surface area contributed by atoms with Crippen LogP contribution in [0.1, 0.15) is 4.88 Å². The fourth-order valence-electron chi connectivity index (χ4n) is 1.18. The summed E-state index contributed by atoms with van der Waals surface area (Å²) in [7, 11) is -3.29. The van der Waals surface area contributed by atoms with Gasteiger partial charge in [0, 0.05) is 18.5 Å². The molecule has 1 rings (SSSR count). The minimum Gasteiger partial charge on any atom is -0.326 e. The number of halogens is 4. The van der Waals surface area contributed by atoms with Crippen molar-refractivity contribution in [2.45, 2.75) is 17.6 Å². The van der Waals surface area contributed by atoms with E-state index in [1.165, 1.54) is 6.07 Å². The number of rotatable bonds is 4. The van der Waals surface area contributed by atoms with Gasteiger partial charge in [-0.1, -0.05) is 0 Å². The van der Waals surface area contributed by atoms with E-state index >= 15 is 0 Å². The van der Waals surface area contributed by atoms with Crippen LogP contribution < -0.4 is 5.73 Å². The van der Waals surface area contributed by atoms with E-state index in [2.05, 4.69) is 15.9 Å². The van der Waals surface area contributed by atoms with E-state index in [-0.39, 0.29) is 19.5 Å². The quantitative estimate of drug-likeness (QED) is 0.887. The Labute approximate surface area is 115 Å². The fraction of sp³-hybridized carbons (Fsp3) is 0.500. The van der Waals surface area contributed by atoms with E-state index in [0.717, 1.165) is 18.4 Å². The van der Waals surface area contributed by atoms with E-state index in [9.17, 15) is 21.6 Å². The zero-order valence-corrected chi connectivity index (χ0v) is 12.4. The zero-order valence-electron chi connectivity index (χ0n) is 9.16. The summed E-state index contributed by atoms with van der Waals surface area (Å²) in [6.07, 6.45) is -4.58. The van der Waals surface area contributed by atoms with Crippen LogP contribution >= 0.6 is 27.3 Å². The summed E-state index contributed by atoms with van der Waals surface area (Å²) in [5, 5.41) is 0. The molecule has 104 valence electrons. The van der Waals surface area contributed by atoms with Crippen molar-refractivity contribution in [3.05, 3.63) is 14.7 Å². The highest BCUT2D eigenvalue weighted by atomic mass is 79.9. The molecule has 0 unspecified atom stereocenters. The lowest BCUT2D eigenvalue weighted by atomic mass is 10.5. The lowest BCUT2D eigenvalue weighted by Gasteiger charge is -2.18. The Kier molecular flexibility index (Phi) is 4.81. The van der Waals surface area contributed by atoms with Crippen molar-refractivity contribution in [2.24, 2.45) is 5.73 Å². The van der Waals surface area contributed by atoms with E-state index in [1.807, 2.05) is 0 Å². The van der Waals surface area contributed by atoms with Crippen LogP contribution in [0.15, 0.2) is 14.7 Å². The lowest BCUT2D eigenvalue weighted by molar-refractivity contribution is -0.134. The molecular weight excluding hydrogens is 357 g/mol. The number of nitrogens with zero attached hydrogens (tertiary/aromatic N) is 1. The molecule has 0 aliphatic carbocycles. The molecule has 0 saturated carbocycles. The van der Waals surface area contributed by atoms with Crippen molar-refractivity contribution in [2.75, 3.05) is 13.6 Å². The third-order valence-corrected chi connectivity index (χ3v) is 6.08. The number of nitrogens with two attached hydrogens (primary N) is 1. The largest absolute Gasteiger partial charge is 0.402 e. The molecular formula is C8H10BrF3N2O2S2. The van der Waals surface area contributed by atoms with E-state index in [1.54, 1.807) is 0 Å². The van der Waals surface area contributed by atoms with Crippen LogP contribution in [0.3, 0.4) is 0 Å². The Balaban J connectivity index is 3.09. The van der Waals surface area contributed by atoms with Gasteiger partial charge < -0.3 is 5.73 Å². The van der Waals surface area contributed by atoms with Crippen molar-refractivity contribution in [1.29, 1.82) is 0 Å². The molecule has 0 aliphatic rings. The topological polar surface area (TPSA) is 63.4 Å². The van der Waals surface area contributed by atoms with Gasteiger partial charge in [-0.05, 0) is 22.0 Å². The van der Waals surface area contributed by atoms with Crippen LogP contribution in [-0.4, -0.2) is 32.5 Å². The summed E-state index contributed by atoms with van der Waals surface area (Å²) in [5.74, 6) is 0. The molecule has 1 aromatic rings. The molecule has 10 heteroatoms. The normalized spacial score (nSPS) is 13.3. The summed E-state index contributed by atoms with van der Waals surface area (Å²) < 4.78 is 60.9. The van der Waals surface area contributed by atoms with Gasteiger partial charge in [0.15, 0.2) is 0 Å². The first-order valence-electron chi connectivity index (χ1n) is 4.59. The van der Waals surface area contributed by atoms with Crippen LogP contribution in [0, 0.1) is 0 Å². The smallest absolute Gasteiger partial charge is 0.326 e. The Morgan fingerprint density at radius 3 is 2.44 bits per heavy atom. The van der Waals surface area contributed by atoms with Gasteiger partial charge in [0.1, 0.15) is 11.4 Å². The molecule has 0 fully saturated rings. The van der Waals surface area contributed by atoms with Gasteiger partial charge >= 0.3 is 6.18 Å². The standard InChI is InChI=1S/C8H10BrF3N2O2S2/c1-14(4-8(10,11)12)18(15,16)6-2-5(3-13)17-7(6)9/h2H,3-4,13H2,1H3. The Hall–Kier alpha value is -0.160. The average molecular weight is 367 g/mol. The first-order valence-corrected chi connectivity index (χ1v) is 7.64. The van der Waals surface area contributed by atoms with Gasteiger partial charge in [0.2, 0.25) is 10.0 Å². The lowest BCUT2D eigenvalue weighted by Crippen LogP contribution is -2.35. The maximum atomic E-state index is 12.2. The van der Waals surface area contributed by atoms with Crippen LogP contribution in [0.2, 0.25) is 0 Å². The predicted octanol–water partition coefficient (Wildman–Crippen LogP) is 2.15. The molecule has 1 heterocycles. The molecule has 0 atom stereocenters. The molecule has 18 heavy (non-hydrogen) atoms. The maximum Gasteiger partial charge on any atom is 0.402 e. The third-order valence-electron chi connectivity index (χ3n) is 2.00. The van der Waals surface area contributed by atoms with Crippen molar-refractivity contribution >= 4 is 37.3 Å². The molecule has 0 amide bonds. The molecule has 0 radical (unpaired) electrons. The highest BCUT2D eigenvalue weighted by Gasteiger charge is 2.36. The van der Waals surface area contributed by atoms with Gasteiger partial charge in [0.25, 0.3) is 0 Å². The summed E-state index contributed by atoms with van der Waals surface area (Å²) in [5.41, 5.74) is 5.35. The van der Waals surface area contributed by atoms with Crippen molar-refractivity contribution < 1.29 is 21.6 Å². The molecule has 1 aromatic heterocycles. The van der Waals surface area contributed by atoms with Gasteiger partial charge in [0.05, 0.1) is 3.79 Å². The summed E-state index contributed by atoms with van der Waals surface area (Å²) in [6.45, 7) is -1.41. The second-order valence-electron chi connectivity index (χ2n) is 3.43. The van der Waals surface area contributed by atoms with Crippen LogP contribution in [0.4, 0.5) is 13.2 Å². The van der Waals surface area contributed by atoms with Gasteiger partial charge in [-0.15, -0.1) is 11.3 Å². The molecule has 2 N–H and O–H groups in total. The second kappa shape index (κ2) is 5.45. The maximum absolute atomic E-state index is 12.2. The number of hydrogen-bond donors (Lipinski definition) is 1. The number of thiophene rings is 1. The van der Waals surface area contributed by atoms with Gasteiger partial charge in [-0.3, -0.25) is 0 Å². The number of hydrogen-bond acceptors (Lipinski definition) is 4. The Morgan fingerprint density at radius 2 is 2.06 bits per heavy atom. The molecule has 0 aliphatic heterocycles. The van der Waals surface area contributed by atoms with E-state index in [0.29, 0.717) is 4.88 Å². The van der Waals surface area contributed by atoms with E-state index in [4.69, 9.17) is 5.73 Å². The number of sulfonamides is 1. The second-order valence-corrected chi connectivity index (χ2v) is 7.90. The van der Waals surface area contributed by atoms with Gasteiger partial charge in [-0.25, -0.2) is 8.42 Å². The minimum absolute atomic E-state index is 0.127. The molecule has 0 bridgehead atoms. The third kappa shape index (κ3) is 3.67. The summed E-state index contributed by atoms with van der Waals surface area (Å²) in [4.78, 5) is 0.376. The zero-order chi connectivity index (χ0) is 14.1. The molecule has 0 spiro atoms. The molecule has 0 aromatic carbocycles. The highest BCUT2D eigenvalue weighted by molar-refractivity contribution is 9.11. The minimum atomic E-state index is -4.58.